The van der Waals surface area contributed by atoms with Crippen molar-refractivity contribution in [1.82, 2.24) is 0 Å². The van der Waals surface area contributed by atoms with E-state index >= 15 is 0 Å². The molecule has 0 unspecified atom stereocenters. The molecule has 56 heavy (non-hydrogen) atoms. The van der Waals surface area contributed by atoms with Crippen LogP contribution in [0.2, 0.25) is 0 Å². The van der Waals surface area contributed by atoms with E-state index in [4.69, 9.17) is 0 Å². The maximum Gasteiger partial charge on any atom is 0.0540 e. The molecule has 0 heterocycles. The second-order valence-electron chi connectivity index (χ2n) is 16.5. The Hall–Kier alpha value is -6.38. The predicted octanol–water partition coefficient (Wildman–Crippen LogP) is 15.5. The Kier molecular flexibility index (Phi) is 9.06. The number of hydrogen-bond acceptors (Lipinski definition) is 2. The van der Waals surface area contributed by atoms with Crippen molar-refractivity contribution in [2.75, 3.05) is 9.80 Å². The Labute approximate surface area is 332 Å². The van der Waals surface area contributed by atoms with Crippen LogP contribution in [0.4, 0.5) is 34.1 Å². The van der Waals surface area contributed by atoms with Crippen molar-refractivity contribution < 1.29 is 0 Å². The average molecular weight is 725 g/mol. The summed E-state index contributed by atoms with van der Waals surface area (Å²) in [5.41, 5.74) is 15.0. The van der Waals surface area contributed by atoms with E-state index in [1.54, 1.807) is 0 Å². The zero-order valence-corrected chi connectivity index (χ0v) is 32.8. The van der Waals surface area contributed by atoms with Crippen molar-refractivity contribution in [1.29, 1.82) is 0 Å². The lowest BCUT2D eigenvalue weighted by Crippen LogP contribution is -2.34. The summed E-state index contributed by atoms with van der Waals surface area (Å²) < 4.78 is 0. The Morgan fingerprint density at radius 2 is 0.875 bits per heavy atom. The summed E-state index contributed by atoms with van der Waals surface area (Å²) in [7, 11) is 0. The van der Waals surface area contributed by atoms with Gasteiger partial charge in [0.25, 0.3) is 0 Å². The molecule has 0 saturated heterocycles. The molecule has 2 heteroatoms. The lowest BCUT2D eigenvalue weighted by molar-refractivity contribution is 0.333. The summed E-state index contributed by atoms with van der Waals surface area (Å²) >= 11 is 0. The van der Waals surface area contributed by atoms with Crippen molar-refractivity contribution in [2.24, 2.45) is 0 Å². The fraction of sp³-hybridized carbons (Fsp3) is 0.148. The van der Waals surface area contributed by atoms with Crippen LogP contribution >= 0.6 is 0 Å². The maximum atomic E-state index is 2.42. The van der Waals surface area contributed by atoms with Crippen molar-refractivity contribution in [3.8, 4) is 22.3 Å². The van der Waals surface area contributed by atoms with Crippen LogP contribution in [-0.4, -0.2) is 0 Å². The highest BCUT2D eigenvalue weighted by Gasteiger charge is 2.38. The van der Waals surface area contributed by atoms with Gasteiger partial charge < -0.3 is 9.80 Å². The number of anilines is 6. The molecule has 1 aliphatic rings. The third-order valence-corrected chi connectivity index (χ3v) is 11.9. The summed E-state index contributed by atoms with van der Waals surface area (Å²) in [4.78, 5) is 4.75. The van der Waals surface area contributed by atoms with Gasteiger partial charge in [0.05, 0.1) is 5.69 Å². The van der Waals surface area contributed by atoms with Crippen LogP contribution < -0.4 is 9.80 Å². The Balaban J connectivity index is 1.15. The highest BCUT2D eigenvalue weighted by molar-refractivity contribution is 5.99. The second-order valence-corrected chi connectivity index (χ2v) is 16.5. The molecular formula is C54H48N2. The van der Waals surface area contributed by atoms with Crippen molar-refractivity contribution >= 4 is 44.9 Å². The van der Waals surface area contributed by atoms with Gasteiger partial charge in [0, 0.05) is 33.8 Å². The van der Waals surface area contributed by atoms with E-state index in [9.17, 15) is 0 Å². The first kappa shape index (κ1) is 35.3. The number of rotatable bonds is 8. The summed E-state index contributed by atoms with van der Waals surface area (Å²) in [6.07, 6.45) is 2.39. The number of fused-ring (bicyclic) bond motifs is 2. The molecule has 0 saturated carbocycles. The van der Waals surface area contributed by atoms with E-state index in [2.05, 4.69) is 232 Å². The fourth-order valence-electron chi connectivity index (χ4n) is 8.84. The molecule has 0 aliphatic heterocycles. The Bertz CT molecular complexity index is 2590. The van der Waals surface area contributed by atoms with E-state index in [-0.39, 0.29) is 10.8 Å². The molecule has 1 aliphatic carbocycles. The molecule has 9 rings (SSSR count). The minimum atomic E-state index is 0.117. The Morgan fingerprint density at radius 1 is 0.375 bits per heavy atom. The van der Waals surface area contributed by atoms with Gasteiger partial charge in [-0.25, -0.2) is 0 Å². The van der Waals surface area contributed by atoms with Gasteiger partial charge in [-0.05, 0) is 129 Å². The normalized spacial score (nSPS) is 14.2. The molecule has 0 amide bonds. The molecule has 0 fully saturated rings. The molecule has 0 spiro atoms. The van der Waals surface area contributed by atoms with Gasteiger partial charge in [-0.1, -0.05) is 155 Å². The van der Waals surface area contributed by atoms with E-state index in [1.807, 2.05) is 0 Å². The molecule has 8 aromatic rings. The van der Waals surface area contributed by atoms with Gasteiger partial charge in [-0.3, -0.25) is 0 Å². The lowest BCUT2D eigenvalue weighted by Gasteiger charge is -2.43. The second kappa shape index (κ2) is 14.4. The summed E-state index contributed by atoms with van der Waals surface area (Å²) in [6.45, 7) is 9.65. The predicted molar refractivity (Wildman–Crippen MR) is 239 cm³/mol. The standard InChI is InChI=1S/C54H48N2/c1-53(2)35-36-54(3,4)52-49(28-16-29-50(52)53)40-31-33-45(34-32-40)56(51-30-15-18-39-17-11-12-27-48(39)51)47-26-14-20-42(38-47)41-19-13-25-46(37-41)55(43-21-7-5-8-22-43)44-23-9-6-10-24-44/h5-34,37-38H,35-36H2,1-4H3. The lowest BCUT2D eigenvalue weighted by atomic mass is 9.61. The zero-order valence-electron chi connectivity index (χ0n) is 32.8. The smallest absolute Gasteiger partial charge is 0.0540 e. The topological polar surface area (TPSA) is 6.48 Å². The molecule has 8 aromatic carbocycles. The molecule has 0 radical (unpaired) electrons. The molecule has 0 bridgehead atoms. The third kappa shape index (κ3) is 6.56. The van der Waals surface area contributed by atoms with E-state index < -0.39 is 0 Å². The van der Waals surface area contributed by atoms with Gasteiger partial charge >= 0.3 is 0 Å². The number of hydrogen-bond donors (Lipinski definition) is 0. The maximum absolute atomic E-state index is 2.42. The van der Waals surface area contributed by atoms with Crippen molar-refractivity contribution in [3.05, 3.63) is 205 Å². The van der Waals surface area contributed by atoms with Crippen LogP contribution in [0.3, 0.4) is 0 Å². The molecule has 274 valence electrons. The average Bonchev–Trinajstić information content (AvgIpc) is 3.24. The van der Waals surface area contributed by atoms with Gasteiger partial charge in [0.2, 0.25) is 0 Å². The fourth-order valence-corrected chi connectivity index (χ4v) is 8.84. The van der Waals surface area contributed by atoms with Crippen molar-refractivity contribution in [3.63, 3.8) is 0 Å². The largest absolute Gasteiger partial charge is 0.310 e. The zero-order chi connectivity index (χ0) is 38.3. The molecule has 0 N–H and O–H groups in total. The minimum Gasteiger partial charge on any atom is -0.310 e. The quantitative estimate of drug-likeness (QED) is 0.154. The SMILES string of the molecule is CC1(C)CCC(C)(C)c2c(-c3ccc(N(c4cccc(-c5cccc(N(c6ccccc6)c6ccccc6)c5)c4)c4cccc5ccccc45)cc3)cccc21. The molecular weight excluding hydrogens is 677 g/mol. The number of nitrogens with zero attached hydrogens (tertiary/aromatic N) is 2. The van der Waals surface area contributed by atoms with Gasteiger partial charge in [-0.2, -0.15) is 0 Å². The summed E-state index contributed by atoms with van der Waals surface area (Å²) in [6, 6.07) is 70.6. The van der Waals surface area contributed by atoms with Gasteiger partial charge in [0.1, 0.15) is 0 Å². The molecule has 0 aromatic heterocycles. The van der Waals surface area contributed by atoms with Crippen LogP contribution in [0.15, 0.2) is 194 Å². The summed E-state index contributed by atoms with van der Waals surface area (Å²) in [5.74, 6) is 0. The third-order valence-electron chi connectivity index (χ3n) is 11.9. The number of para-hydroxylation sites is 2. The molecule has 2 nitrogen and oxygen atoms in total. The van der Waals surface area contributed by atoms with E-state index in [0.717, 1.165) is 45.3 Å². The van der Waals surface area contributed by atoms with Crippen LogP contribution in [0.1, 0.15) is 51.7 Å². The number of benzene rings is 8. The monoisotopic (exact) mass is 724 g/mol. The highest BCUT2D eigenvalue weighted by Crippen LogP contribution is 2.50. The minimum absolute atomic E-state index is 0.117. The molecule has 0 atom stereocenters. The highest BCUT2D eigenvalue weighted by atomic mass is 15.1. The van der Waals surface area contributed by atoms with Crippen LogP contribution in [-0.2, 0) is 10.8 Å². The van der Waals surface area contributed by atoms with Crippen LogP contribution in [0.25, 0.3) is 33.0 Å². The van der Waals surface area contributed by atoms with Crippen molar-refractivity contribution in [2.45, 2.75) is 51.4 Å². The van der Waals surface area contributed by atoms with Gasteiger partial charge in [0.15, 0.2) is 0 Å². The first-order chi connectivity index (χ1) is 27.3. The summed E-state index contributed by atoms with van der Waals surface area (Å²) in [5, 5.41) is 2.44. The van der Waals surface area contributed by atoms with Crippen LogP contribution in [0.5, 0.6) is 0 Å². The van der Waals surface area contributed by atoms with E-state index in [0.29, 0.717) is 0 Å². The van der Waals surface area contributed by atoms with Gasteiger partial charge in [-0.15, -0.1) is 0 Å². The van der Waals surface area contributed by atoms with E-state index in [1.165, 1.54) is 45.9 Å². The van der Waals surface area contributed by atoms with Crippen LogP contribution in [0, 0.1) is 0 Å². The first-order valence-corrected chi connectivity index (χ1v) is 19.9. The first-order valence-electron chi connectivity index (χ1n) is 19.9. The Morgan fingerprint density at radius 3 is 1.54 bits per heavy atom.